The minimum absolute atomic E-state index is 0. The summed E-state index contributed by atoms with van der Waals surface area (Å²) in [7, 11) is 0. The van der Waals surface area contributed by atoms with Crippen molar-refractivity contribution in [1.82, 2.24) is 15.1 Å². The molecule has 0 spiro atoms. The van der Waals surface area contributed by atoms with Crippen LogP contribution in [0.25, 0.3) is 5.69 Å². The summed E-state index contributed by atoms with van der Waals surface area (Å²) in [4.78, 5) is 24.2. The second kappa shape index (κ2) is 10.1. The van der Waals surface area contributed by atoms with Crippen LogP contribution in [0, 0.1) is 17.5 Å². The summed E-state index contributed by atoms with van der Waals surface area (Å²) in [6.45, 7) is 7.81. The Morgan fingerprint density at radius 3 is 2.35 bits per heavy atom. The van der Waals surface area contributed by atoms with Gasteiger partial charge in [-0.25, -0.2) is 22.6 Å². The Balaban J connectivity index is 0.00000380. The van der Waals surface area contributed by atoms with Gasteiger partial charge in [0.15, 0.2) is 11.6 Å². The third kappa shape index (κ3) is 5.72. The van der Waals surface area contributed by atoms with Gasteiger partial charge in [0.1, 0.15) is 17.2 Å². The van der Waals surface area contributed by atoms with E-state index in [1.807, 2.05) is 32.9 Å². The minimum Gasteiger partial charge on any atom is -0.480 e. The highest BCUT2D eigenvalue weighted by atomic mass is 35.5. The molecule has 0 radical (unpaired) electrons. The van der Waals surface area contributed by atoms with Crippen molar-refractivity contribution in [3.63, 3.8) is 0 Å². The number of anilines is 2. The lowest BCUT2D eigenvalue weighted by Crippen LogP contribution is -2.53. The summed E-state index contributed by atoms with van der Waals surface area (Å²) in [6, 6.07) is 7.14. The van der Waals surface area contributed by atoms with Crippen molar-refractivity contribution in [2.45, 2.75) is 51.6 Å². The number of carboxylic acid groups (broad SMARTS) is 1. The SMILES string of the molecule is CC1(C(=O)O)Cc2ccc(-n3nc(C(C)(C)C)cc3NC(=O)Nc3cc(F)c(F)cc3F)cc2CN1.Cl. The number of urea groups is 1. The first-order valence-electron chi connectivity index (χ1n) is 11.2. The normalized spacial score (nSPS) is 16.9. The fourth-order valence-electron chi connectivity index (χ4n) is 3.89. The average molecular weight is 538 g/mol. The van der Waals surface area contributed by atoms with Gasteiger partial charge < -0.3 is 10.4 Å². The molecule has 2 amide bonds. The molecular formula is C25H27ClF3N5O3. The van der Waals surface area contributed by atoms with E-state index in [2.05, 4.69) is 21.0 Å². The van der Waals surface area contributed by atoms with E-state index in [1.54, 1.807) is 19.1 Å². The summed E-state index contributed by atoms with van der Waals surface area (Å²) >= 11 is 0. The third-order valence-corrected chi connectivity index (χ3v) is 6.10. The number of carbonyl (C=O) groups excluding carboxylic acids is 1. The fourth-order valence-corrected chi connectivity index (χ4v) is 3.89. The molecule has 4 N–H and O–H groups in total. The fraction of sp³-hybridized carbons (Fsp3) is 0.320. The molecule has 0 saturated carbocycles. The molecule has 1 aromatic heterocycles. The number of carboxylic acids is 1. The van der Waals surface area contributed by atoms with Crippen molar-refractivity contribution >= 4 is 35.9 Å². The summed E-state index contributed by atoms with van der Waals surface area (Å²) < 4.78 is 42.2. The van der Waals surface area contributed by atoms with E-state index in [9.17, 15) is 27.9 Å². The van der Waals surface area contributed by atoms with Crippen LogP contribution in [0.3, 0.4) is 0 Å². The molecule has 0 bridgehead atoms. The maximum atomic E-state index is 14.0. The molecule has 0 aliphatic carbocycles. The Kier molecular flexibility index (Phi) is 7.62. The summed E-state index contributed by atoms with van der Waals surface area (Å²) in [5, 5.41) is 22.0. The minimum atomic E-state index is -1.36. The molecule has 12 heteroatoms. The van der Waals surface area contributed by atoms with Crippen molar-refractivity contribution in [3.05, 3.63) is 70.7 Å². The van der Waals surface area contributed by atoms with Crippen LogP contribution in [0.4, 0.5) is 29.5 Å². The zero-order valence-corrected chi connectivity index (χ0v) is 21.4. The first kappa shape index (κ1) is 28.0. The summed E-state index contributed by atoms with van der Waals surface area (Å²) in [5.74, 6) is -4.46. The van der Waals surface area contributed by atoms with E-state index in [-0.39, 0.29) is 23.6 Å². The Morgan fingerprint density at radius 1 is 1.03 bits per heavy atom. The lowest BCUT2D eigenvalue weighted by atomic mass is 9.86. The highest BCUT2D eigenvalue weighted by Crippen LogP contribution is 2.30. The van der Waals surface area contributed by atoms with Crippen LogP contribution >= 0.6 is 12.4 Å². The van der Waals surface area contributed by atoms with Crippen molar-refractivity contribution < 1.29 is 27.9 Å². The van der Waals surface area contributed by atoms with E-state index in [0.29, 0.717) is 36.5 Å². The molecule has 198 valence electrons. The van der Waals surface area contributed by atoms with Crippen molar-refractivity contribution in [1.29, 1.82) is 0 Å². The monoisotopic (exact) mass is 537 g/mol. The van der Waals surface area contributed by atoms with E-state index < -0.39 is 40.7 Å². The Labute approximate surface area is 217 Å². The first-order chi connectivity index (χ1) is 16.8. The molecule has 0 saturated heterocycles. The number of rotatable bonds is 4. The van der Waals surface area contributed by atoms with Crippen molar-refractivity contribution in [2.24, 2.45) is 0 Å². The lowest BCUT2D eigenvalue weighted by Gasteiger charge is -2.32. The number of hydrogen-bond acceptors (Lipinski definition) is 4. The standard InChI is InChI=1S/C25H26F3N5O3.ClH/c1-24(2,3)20-10-21(31-23(36)30-19-9-17(27)16(26)8-18(19)28)33(32-20)15-6-5-13-11-25(4,22(34)35)29-12-14(13)7-15;/h5-10,29H,11-12H2,1-4H3,(H,34,35)(H2,30,31,36);1H. The lowest BCUT2D eigenvalue weighted by molar-refractivity contribution is -0.144. The van der Waals surface area contributed by atoms with Crippen LogP contribution in [0.2, 0.25) is 0 Å². The molecule has 37 heavy (non-hydrogen) atoms. The highest BCUT2D eigenvalue weighted by molar-refractivity contribution is 5.99. The number of hydrogen-bond donors (Lipinski definition) is 4. The third-order valence-electron chi connectivity index (χ3n) is 6.10. The zero-order valence-electron chi connectivity index (χ0n) is 20.6. The van der Waals surface area contributed by atoms with Crippen LogP contribution in [0.5, 0.6) is 0 Å². The van der Waals surface area contributed by atoms with Crippen LogP contribution in [0.15, 0.2) is 36.4 Å². The molecule has 1 atom stereocenters. The maximum absolute atomic E-state index is 14.0. The van der Waals surface area contributed by atoms with E-state index >= 15 is 0 Å². The average Bonchev–Trinajstić information content (AvgIpc) is 3.21. The number of amides is 2. The highest BCUT2D eigenvalue weighted by Gasteiger charge is 2.36. The second-order valence-corrected chi connectivity index (χ2v) is 10.0. The van der Waals surface area contributed by atoms with Crippen LogP contribution in [0.1, 0.15) is 44.5 Å². The van der Waals surface area contributed by atoms with Gasteiger partial charge in [0.2, 0.25) is 0 Å². The van der Waals surface area contributed by atoms with Crippen molar-refractivity contribution in [2.75, 3.05) is 10.6 Å². The van der Waals surface area contributed by atoms with E-state index in [0.717, 1.165) is 11.1 Å². The van der Waals surface area contributed by atoms with Gasteiger partial charge >= 0.3 is 12.0 Å². The number of aliphatic carboxylic acids is 1. The molecule has 2 heterocycles. The largest absolute Gasteiger partial charge is 0.480 e. The molecule has 1 unspecified atom stereocenters. The van der Waals surface area contributed by atoms with Crippen LogP contribution in [-0.2, 0) is 23.2 Å². The zero-order chi connectivity index (χ0) is 26.4. The topological polar surface area (TPSA) is 108 Å². The van der Waals surface area contributed by atoms with Gasteiger partial charge in [-0.15, -0.1) is 12.4 Å². The molecule has 1 aliphatic rings. The van der Waals surface area contributed by atoms with E-state index in [4.69, 9.17) is 0 Å². The Morgan fingerprint density at radius 2 is 1.70 bits per heavy atom. The van der Waals surface area contributed by atoms with Gasteiger partial charge in [-0.2, -0.15) is 5.10 Å². The number of nitrogens with one attached hydrogen (secondary N) is 3. The summed E-state index contributed by atoms with van der Waals surface area (Å²) in [5.41, 5.74) is 1.08. The van der Waals surface area contributed by atoms with Gasteiger partial charge in [0, 0.05) is 36.6 Å². The number of nitrogens with zero attached hydrogens (tertiary/aromatic N) is 2. The van der Waals surface area contributed by atoms with Gasteiger partial charge in [-0.05, 0) is 30.2 Å². The Bertz CT molecular complexity index is 1370. The molecule has 2 aromatic carbocycles. The molecule has 1 aliphatic heterocycles. The molecular weight excluding hydrogens is 511 g/mol. The molecule has 8 nitrogen and oxygen atoms in total. The second-order valence-electron chi connectivity index (χ2n) is 10.0. The quantitative estimate of drug-likeness (QED) is 0.345. The number of benzene rings is 2. The van der Waals surface area contributed by atoms with Gasteiger partial charge in [0.25, 0.3) is 0 Å². The van der Waals surface area contributed by atoms with Gasteiger partial charge in [0.05, 0.1) is 17.1 Å². The van der Waals surface area contributed by atoms with Gasteiger partial charge in [-0.3, -0.25) is 15.4 Å². The maximum Gasteiger partial charge on any atom is 0.324 e. The number of fused-ring (bicyclic) bond motifs is 1. The predicted octanol–water partition coefficient (Wildman–Crippen LogP) is 5.14. The number of aromatic nitrogens is 2. The van der Waals surface area contributed by atoms with Gasteiger partial charge in [-0.1, -0.05) is 26.8 Å². The van der Waals surface area contributed by atoms with Crippen LogP contribution in [-0.4, -0.2) is 32.4 Å². The summed E-state index contributed by atoms with van der Waals surface area (Å²) in [6.07, 6.45) is 0.303. The predicted molar refractivity (Wildman–Crippen MR) is 135 cm³/mol. The molecule has 3 aromatic rings. The molecule has 4 rings (SSSR count). The van der Waals surface area contributed by atoms with Crippen molar-refractivity contribution in [3.8, 4) is 5.69 Å². The number of halogens is 4. The van der Waals surface area contributed by atoms with E-state index in [1.165, 1.54) is 4.68 Å². The first-order valence-corrected chi connectivity index (χ1v) is 11.2. The Hall–Kier alpha value is -3.57. The molecule has 0 fully saturated rings. The van der Waals surface area contributed by atoms with Crippen LogP contribution < -0.4 is 16.0 Å². The number of carbonyl (C=O) groups is 2. The smallest absolute Gasteiger partial charge is 0.324 e.